The van der Waals surface area contributed by atoms with E-state index in [0.29, 0.717) is 0 Å². The lowest BCUT2D eigenvalue weighted by Crippen LogP contribution is -2.07. The maximum absolute atomic E-state index is 13.2. The zero-order chi connectivity index (χ0) is 14.0. The Hall–Kier alpha value is -1.74. The fourth-order valence-electron chi connectivity index (χ4n) is 1.81. The third-order valence-electron chi connectivity index (χ3n) is 2.92. The summed E-state index contributed by atoms with van der Waals surface area (Å²) in [6, 6.07) is 9.06. The van der Waals surface area contributed by atoms with Gasteiger partial charge in [0, 0.05) is 12.0 Å². The second-order valence-electron chi connectivity index (χ2n) is 4.27. The Bertz CT molecular complexity index is 638. The summed E-state index contributed by atoms with van der Waals surface area (Å²) in [5.41, 5.74) is 1.81. The molecule has 0 N–H and O–H groups in total. The van der Waals surface area contributed by atoms with Crippen LogP contribution in [0.4, 0.5) is 8.78 Å². The van der Waals surface area contributed by atoms with Crippen molar-refractivity contribution in [2.24, 2.45) is 0 Å². The van der Waals surface area contributed by atoms with Crippen LogP contribution in [0.15, 0.2) is 36.4 Å². The molecular weight excluding hydrogens is 270 g/mol. The van der Waals surface area contributed by atoms with E-state index < -0.39 is 11.6 Å². The normalized spacial score (nSPS) is 10.5. The molecule has 0 atom stereocenters. The lowest BCUT2D eigenvalue weighted by molar-refractivity contribution is 0.0992. The summed E-state index contributed by atoms with van der Waals surface area (Å²) in [5.74, 6) is -2.46. The average Bonchev–Trinajstić information content (AvgIpc) is 2.36. The maximum atomic E-state index is 13.2. The number of carbonyl (C=O) groups excluding carboxylic acids is 1. The summed E-state index contributed by atoms with van der Waals surface area (Å²) in [5, 5.41) is -0.0718. The van der Waals surface area contributed by atoms with Crippen LogP contribution < -0.4 is 0 Å². The molecule has 0 heterocycles. The van der Waals surface area contributed by atoms with E-state index in [1.807, 2.05) is 31.2 Å². The summed E-state index contributed by atoms with van der Waals surface area (Å²) in [4.78, 5) is 12.1. The molecule has 2 aromatic rings. The van der Waals surface area contributed by atoms with E-state index in [1.165, 1.54) is 0 Å². The van der Waals surface area contributed by atoms with Crippen LogP contribution in [-0.2, 0) is 6.42 Å². The molecule has 0 aromatic heterocycles. The minimum atomic E-state index is -1.07. The van der Waals surface area contributed by atoms with E-state index in [4.69, 9.17) is 11.6 Å². The van der Waals surface area contributed by atoms with Crippen molar-refractivity contribution < 1.29 is 13.6 Å². The van der Waals surface area contributed by atoms with Crippen LogP contribution in [0.5, 0.6) is 0 Å². The fourth-order valence-corrected chi connectivity index (χ4v) is 2.07. The first-order valence-corrected chi connectivity index (χ1v) is 6.09. The number of hydrogen-bond acceptors (Lipinski definition) is 1. The van der Waals surface area contributed by atoms with E-state index in [0.717, 1.165) is 23.3 Å². The van der Waals surface area contributed by atoms with Crippen molar-refractivity contribution in [3.8, 4) is 0 Å². The molecule has 0 saturated carbocycles. The van der Waals surface area contributed by atoms with Gasteiger partial charge in [-0.15, -0.1) is 0 Å². The van der Waals surface area contributed by atoms with Gasteiger partial charge >= 0.3 is 0 Å². The van der Waals surface area contributed by atoms with Crippen molar-refractivity contribution in [2.45, 2.75) is 13.3 Å². The second kappa shape index (κ2) is 5.49. The van der Waals surface area contributed by atoms with Crippen molar-refractivity contribution in [2.75, 3.05) is 0 Å². The van der Waals surface area contributed by atoms with Gasteiger partial charge in [0.2, 0.25) is 0 Å². The van der Waals surface area contributed by atoms with Crippen LogP contribution >= 0.6 is 11.6 Å². The van der Waals surface area contributed by atoms with Crippen LogP contribution in [0.25, 0.3) is 0 Å². The third kappa shape index (κ3) is 2.99. The molecule has 0 unspecified atom stereocenters. The highest BCUT2D eigenvalue weighted by atomic mass is 35.5. The van der Waals surface area contributed by atoms with Gasteiger partial charge in [-0.25, -0.2) is 8.78 Å². The molecule has 0 aliphatic carbocycles. The van der Waals surface area contributed by atoms with Gasteiger partial charge in [0.05, 0.1) is 5.02 Å². The van der Waals surface area contributed by atoms with E-state index in [-0.39, 0.29) is 22.8 Å². The molecule has 2 aromatic carbocycles. The molecule has 0 radical (unpaired) electrons. The fraction of sp³-hybridized carbons (Fsp3) is 0.133. The van der Waals surface area contributed by atoms with E-state index in [2.05, 4.69) is 0 Å². The van der Waals surface area contributed by atoms with Crippen LogP contribution in [-0.4, -0.2) is 5.78 Å². The summed E-state index contributed by atoms with van der Waals surface area (Å²) >= 11 is 5.77. The Morgan fingerprint density at radius 2 is 1.79 bits per heavy atom. The summed E-state index contributed by atoms with van der Waals surface area (Å²) < 4.78 is 26.1. The first-order valence-electron chi connectivity index (χ1n) is 5.71. The third-order valence-corrected chi connectivity index (χ3v) is 3.24. The van der Waals surface area contributed by atoms with Crippen LogP contribution in [0.1, 0.15) is 21.5 Å². The molecule has 0 fully saturated rings. The summed E-state index contributed by atoms with van der Waals surface area (Å²) in [6.07, 6.45) is 0.109. The van der Waals surface area contributed by atoms with Gasteiger partial charge in [0.15, 0.2) is 17.4 Å². The van der Waals surface area contributed by atoms with Crippen LogP contribution in [0.2, 0.25) is 5.02 Å². The van der Waals surface area contributed by atoms with Crippen molar-refractivity contribution in [3.63, 3.8) is 0 Å². The highest BCUT2D eigenvalue weighted by Gasteiger charge is 2.15. The number of rotatable bonds is 3. The Morgan fingerprint density at radius 1 is 1.16 bits per heavy atom. The topological polar surface area (TPSA) is 17.1 Å². The van der Waals surface area contributed by atoms with Crippen molar-refractivity contribution in [3.05, 3.63) is 69.7 Å². The van der Waals surface area contributed by atoms with Gasteiger partial charge in [-0.1, -0.05) is 35.9 Å². The monoisotopic (exact) mass is 280 g/mol. The highest BCUT2D eigenvalue weighted by molar-refractivity contribution is 6.34. The van der Waals surface area contributed by atoms with Gasteiger partial charge in [0.25, 0.3) is 0 Å². The molecule has 2 rings (SSSR count). The lowest BCUT2D eigenvalue weighted by atomic mass is 9.99. The Labute approximate surface area is 114 Å². The van der Waals surface area contributed by atoms with Crippen molar-refractivity contribution in [1.29, 1.82) is 0 Å². The van der Waals surface area contributed by atoms with E-state index in [9.17, 15) is 13.6 Å². The lowest BCUT2D eigenvalue weighted by Gasteiger charge is -2.07. The number of carbonyl (C=O) groups is 1. The number of aryl methyl sites for hydroxylation is 1. The molecular formula is C15H11ClF2O. The number of hydrogen-bond donors (Lipinski definition) is 0. The number of Topliss-reactive ketones (excluding diaryl/α,β-unsaturated/α-hetero) is 1. The maximum Gasteiger partial charge on any atom is 0.168 e. The first-order chi connectivity index (χ1) is 8.99. The Balaban J connectivity index is 2.31. The molecule has 0 saturated heterocycles. The second-order valence-corrected chi connectivity index (χ2v) is 4.68. The van der Waals surface area contributed by atoms with Gasteiger partial charge in [-0.05, 0) is 30.2 Å². The average molecular weight is 281 g/mol. The quantitative estimate of drug-likeness (QED) is 0.603. The highest BCUT2D eigenvalue weighted by Crippen LogP contribution is 2.22. The molecule has 0 spiro atoms. The zero-order valence-electron chi connectivity index (χ0n) is 10.2. The smallest absolute Gasteiger partial charge is 0.168 e. The van der Waals surface area contributed by atoms with Crippen molar-refractivity contribution in [1.82, 2.24) is 0 Å². The minimum absolute atomic E-state index is 0.00354. The SMILES string of the molecule is Cc1ccccc1CC(=O)c1cc(F)c(F)cc1Cl. The standard InChI is InChI=1S/C15H11ClF2O/c1-9-4-2-3-5-10(9)6-15(19)11-7-13(17)14(18)8-12(11)16/h2-5,7-8H,6H2,1H3. The largest absolute Gasteiger partial charge is 0.294 e. The van der Waals surface area contributed by atoms with Crippen LogP contribution in [0, 0.1) is 18.6 Å². The van der Waals surface area contributed by atoms with Gasteiger partial charge < -0.3 is 0 Å². The molecule has 98 valence electrons. The molecule has 0 amide bonds. The molecule has 4 heteroatoms. The van der Waals surface area contributed by atoms with Crippen molar-refractivity contribution >= 4 is 17.4 Å². The van der Waals surface area contributed by atoms with Crippen LogP contribution in [0.3, 0.4) is 0 Å². The predicted molar refractivity (Wildman–Crippen MR) is 70.6 cm³/mol. The van der Waals surface area contributed by atoms with Gasteiger partial charge in [0.1, 0.15) is 0 Å². The summed E-state index contributed by atoms with van der Waals surface area (Å²) in [7, 11) is 0. The number of halogens is 3. The predicted octanol–water partition coefficient (Wildman–Crippen LogP) is 4.35. The molecule has 0 bridgehead atoms. The first kappa shape index (κ1) is 13.7. The number of benzene rings is 2. The van der Waals surface area contributed by atoms with E-state index in [1.54, 1.807) is 0 Å². The molecule has 1 nitrogen and oxygen atoms in total. The summed E-state index contributed by atoms with van der Waals surface area (Å²) in [6.45, 7) is 1.88. The van der Waals surface area contributed by atoms with E-state index >= 15 is 0 Å². The Kier molecular flexibility index (Phi) is 3.96. The minimum Gasteiger partial charge on any atom is -0.294 e. The van der Waals surface area contributed by atoms with Gasteiger partial charge in [-0.3, -0.25) is 4.79 Å². The van der Waals surface area contributed by atoms with Gasteiger partial charge in [-0.2, -0.15) is 0 Å². The molecule has 0 aliphatic rings. The number of ketones is 1. The molecule has 0 aliphatic heterocycles. The zero-order valence-corrected chi connectivity index (χ0v) is 11.0. The molecule has 19 heavy (non-hydrogen) atoms. The Morgan fingerprint density at radius 3 is 2.47 bits per heavy atom.